The van der Waals surface area contributed by atoms with Gasteiger partial charge in [-0.15, -0.1) is 24.0 Å². The van der Waals surface area contributed by atoms with E-state index in [1.807, 2.05) is 39.0 Å². The number of nitrogens with one attached hydrogen (secondary N) is 2. The van der Waals surface area contributed by atoms with Crippen LogP contribution in [0.5, 0.6) is 11.5 Å². The predicted octanol–water partition coefficient (Wildman–Crippen LogP) is 2.87. The van der Waals surface area contributed by atoms with Crippen LogP contribution in [0.25, 0.3) is 0 Å². The second kappa shape index (κ2) is 16.4. The smallest absolute Gasteiger partial charge is 0.213 e. The van der Waals surface area contributed by atoms with Gasteiger partial charge in [0.25, 0.3) is 0 Å². The van der Waals surface area contributed by atoms with Gasteiger partial charge in [-0.2, -0.15) is 0 Å². The summed E-state index contributed by atoms with van der Waals surface area (Å²) in [5, 5.41) is 6.54. The molecule has 0 aliphatic heterocycles. The van der Waals surface area contributed by atoms with Crippen LogP contribution >= 0.6 is 24.0 Å². The van der Waals surface area contributed by atoms with Crippen LogP contribution in [-0.2, 0) is 16.4 Å². The molecule has 0 radical (unpaired) electrons. The van der Waals surface area contributed by atoms with Crippen LogP contribution in [0.15, 0.2) is 23.2 Å². The van der Waals surface area contributed by atoms with Gasteiger partial charge < -0.3 is 20.1 Å². The average Bonchev–Trinajstić information content (AvgIpc) is 2.73. The fourth-order valence-electron chi connectivity index (χ4n) is 2.76. The van der Waals surface area contributed by atoms with E-state index in [0.29, 0.717) is 32.7 Å². The van der Waals surface area contributed by atoms with Crippen molar-refractivity contribution in [3.63, 3.8) is 0 Å². The molecule has 0 bridgehead atoms. The monoisotopic (exact) mass is 570 g/mol. The summed E-state index contributed by atoms with van der Waals surface area (Å²) in [5.74, 6) is 2.38. The van der Waals surface area contributed by atoms with Crippen LogP contribution in [0, 0.1) is 0 Å². The highest BCUT2D eigenvalue weighted by molar-refractivity contribution is 14.0. The van der Waals surface area contributed by atoms with Gasteiger partial charge in [0.2, 0.25) is 10.0 Å². The van der Waals surface area contributed by atoms with E-state index in [1.165, 1.54) is 4.31 Å². The number of hydrogen-bond donors (Lipinski definition) is 2. The molecule has 1 aromatic carbocycles. The van der Waals surface area contributed by atoms with Crippen LogP contribution in [0.2, 0.25) is 0 Å². The van der Waals surface area contributed by atoms with E-state index >= 15 is 0 Å². The number of rotatable bonds is 14. The lowest BCUT2D eigenvalue weighted by Gasteiger charge is -2.16. The van der Waals surface area contributed by atoms with Crippen molar-refractivity contribution < 1.29 is 17.9 Å². The molecule has 10 heteroatoms. The number of aliphatic imine (C=N–C) groups is 1. The molecule has 8 nitrogen and oxygen atoms in total. The van der Waals surface area contributed by atoms with E-state index < -0.39 is 10.0 Å². The molecule has 1 aromatic rings. The molecule has 0 heterocycles. The molecule has 0 aliphatic carbocycles. The molecule has 2 N–H and O–H groups in total. The quantitative estimate of drug-likeness (QED) is 0.155. The maximum absolute atomic E-state index is 11.8. The zero-order chi connectivity index (χ0) is 22.4. The minimum absolute atomic E-state index is 0. The van der Waals surface area contributed by atoms with Crippen LogP contribution in [0.3, 0.4) is 0 Å². The third kappa shape index (κ3) is 11.2. The summed E-state index contributed by atoms with van der Waals surface area (Å²) in [6.07, 6.45) is 1.48. The van der Waals surface area contributed by atoms with Crippen molar-refractivity contribution in [3.05, 3.63) is 23.8 Å². The molecule has 0 fully saturated rings. The molecule has 0 aromatic heterocycles. The van der Waals surface area contributed by atoms with Gasteiger partial charge in [-0.3, -0.25) is 4.99 Å². The van der Waals surface area contributed by atoms with Gasteiger partial charge in [-0.1, -0.05) is 6.07 Å². The zero-order valence-electron chi connectivity index (χ0n) is 19.4. The Kier molecular flexibility index (Phi) is 15.7. The minimum Gasteiger partial charge on any atom is -0.490 e. The summed E-state index contributed by atoms with van der Waals surface area (Å²) < 4.78 is 36.2. The number of guanidine groups is 1. The van der Waals surface area contributed by atoms with Gasteiger partial charge in [-0.05, 0) is 58.2 Å². The van der Waals surface area contributed by atoms with Gasteiger partial charge in [0.05, 0.1) is 19.0 Å². The minimum atomic E-state index is -3.13. The summed E-state index contributed by atoms with van der Waals surface area (Å²) in [4.78, 5) is 4.54. The van der Waals surface area contributed by atoms with E-state index in [2.05, 4.69) is 15.6 Å². The lowest BCUT2D eigenvalue weighted by molar-refractivity contribution is 0.287. The first-order valence-electron chi connectivity index (χ1n) is 10.7. The largest absolute Gasteiger partial charge is 0.490 e. The van der Waals surface area contributed by atoms with E-state index in [-0.39, 0.29) is 29.7 Å². The number of nitrogens with zero attached hydrogens (tertiary/aromatic N) is 2. The number of benzene rings is 1. The van der Waals surface area contributed by atoms with Gasteiger partial charge >= 0.3 is 0 Å². The molecule has 180 valence electrons. The molecule has 0 spiro atoms. The van der Waals surface area contributed by atoms with Crippen molar-refractivity contribution >= 4 is 40.0 Å². The van der Waals surface area contributed by atoms with E-state index in [1.54, 1.807) is 14.0 Å². The summed E-state index contributed by atoms with van der Waals surface area (Å²) >= 11 is 0. The summed E-state index contributed by atoms with van der Waals surface area (Å²) in [6.45, 7) is 11.3. The van der Waals surface area contributed by atoms with E-state index in [0.717, 1.165) is 42.5 Å². The lowest BCUT2D eigenvalue weighted by atomic mass is 10.1. The molecule has 31 heavy (non-hydrogen) atoms. The van der Waals surface area contributed by atoms with Crippen LogP contribution in [0.1, 0.15) is 39.7 Å². The first-order valence-corrected chi connectivity index (χ1v) is 12.3. The number of halogens is 1. The average molecular weight is 571 g/mol. The number of hydrogen-bond acceptors (Lipinski definition) is 5. The molecule has 0 unspecified atom stereocenters. The molecule has 0 saturated carbocycles. The fraction of sp³-hybridized carbons (Fsp3) is 0.667. The highest BCUT2D eigenvalue weighted by Crippen LogP contribution is 2.28. The Bertz CT molecular complexity index is 760. The van der Waals surface area contributed by atoms with Gasteiger partial charge in [0.1, 0.15) is 0 Å². The second-order valence-electron chi connectivity index (χ2n) is 6.66. The van der Waals surface area contributed by atoms with Crippen molar-refractivity contribution in [1.82, 2.24) is 14.9 Å². The molecule has 0 atom stereocenters. The second-order valence-corrected chi connectivity index (χ2v) is 9.02. The fourth-order valence-corrected chi connectivity index (χ4v) is 3.61. The normalized spacial score (nSPS) is 11.7. The van der Waals surface area contributed by atoms with Gasteiger partial charge in [-0.25, -0.2) is 12.7 Å². The van der Waals surface area contributed by atoms with Crippen LogP contribution in [0.4, 0.5) is 0 Å². The third-order valence-corrected chi connectivity index (χ3v) is 6.26. The van der Waals surface area contributed by atoms with Crippen molar-refractivity contribution in [2.45, 2.75) is 40.5 Å². The van der Waals surface area contributed by atoms with Crippen molar-refractivity contribution in [2.24, 2.45) is 4.99 Å². The lowest BCUT2D eigenvalue weighted by Crippen LogP contribution is -2.38. The van der Waals surface area contributed by atoms with Crippen molar-refractivity contribution in [1.29, 1.82) is 0 Å². The summed E-state index contributed by atoms with van der Waals surface area (Å²) in [6, 6.07) is 6.01. The third-order valence-electron chi connectivity index (χ3n) is 4.40. The maximum Gasteiger partial charge on any atom is 0.213 e. The van der Waals surface area contributed by atoms with E-state index in [4.69, 9.17) is 9.47 Å². The SMILES string of the molecule is CCNC(=NCCCN(C)S(=O)(=O)CC)NCCc1ccc(OCC)c(OCC)c1.I. The number of ether oxygens (including phenoxy) is 2. The Balaban J connectivity index is 0.00000900. The molecule has 0 amide bonds. The molecular weight excluding hydrogens is 531 g/mol. The Morgan fingerprint density at radius 1 is 1.06 bits per heavy atom. The highest BCUT2D eigenvalue weighted by atomic mass is 127. The molecular formula is C21H39IN4O4S. The topological polar surface area (TPSA) is 92.3 Å². The van der Waals surface area contributed by atoms with E-state index in [9.17, 15) is 8.42 Å². The Hall–Kier alpha value is -1.27. The first-order chi connectivity index (χ1) is 14.4. The standard InChI is InChI=1S/C21H38N4O4S.HI/c1-6-22-21(23-14-10-16-25(5)30(26,27)9-4)24-15-13-18-11-12-19(28-7-2)20(17-18)29-8-3;/h11-12,17H,6-10,13-16H2,1-5H3,(H2,22,23,24);1H. The number of sulfonamides is 1. The van der Waals surface area contributed by atoms with Crippen molar-refractivity contribution in [3.8, 4) is 11.5 Å². The first kappa shape index (κ1) is 29.7. The van der Waals surface area contributed by atoms with Crippen molar-refractivity contribution in [2.75, 3.05) is 52.2 Å². The van der Waals surface area contributed by atoms with Gasteiger partial charge in [0, 0.05) is 33.2 Å². The van der Waals surface area contributed by atoms with Crippen LogP contribution < -0.4 is 20.1 Å². The maximum atomic E-state index is 11.8. The summed E-state index contributed by atoms with van der Waals surface area (Å²) in [5.41, 5.74) is 1.15. The Morgan fingerprint density at radius 3 is 2.35 bits per heavy atom. The zero-order valence-corrected chi connectivity index (χ0v) is 22.6. The van der Waals surface area contributed by atoms with Gasteiger partial charge in [0.15, 0.2) is 17.5 Å². The molecule has 1 rings (SSSR count). The summed E-state index contributed by atoms with van der Waals surface area (Å²) in [7, 11) is -1.52. The van der Waals surface area contributed by atoms with Crippen LogP contribution in [-0.4, -0.2) is 70.9 Å². The predicted molar refractivity (Wildman–Crippen MR) is 139 cm³/mol. The molecule has 0 aliphatic rings. The Labute approximate surface area is 205 Å². The highest BCUT2D eigenvalue weighted by Gasteiger charge is 2.13. The Morgan fingerprint density at radius 2 is 1.74 bits per heavy atom. The molecule has 0 saturated heterocycles.